The van der Waals surface area contributed by atoms with Crippen LogP contribution in [-0.2, 0) is 11.3 Å². The van der Waals surface area contributed by atoms with E-state index in [2.05, 4.69) is 57.3 Å². The van der Waals surface area contributed by atoms with Crippen molar-refractivity contribution < 1.29 is 4.74 Å². The van der Waals surface area contributed by atoms with E-state index in [1.54, 1.807) is 7.11 Å². The van der Waals surface area contributed by atoms with Crippen molar-refractivity contribution in [3.8, 4) is 0 Å². The zero-order chi connectivity index (χ0) is 15.8. The van der Waals surface area contributed by atoms with Crippen LogP contribution in [0.15, 0.2) is 24.3 Å². The highest BCUT2D eigenvalue weighted by Gasteiger charge is 2.19. The van der Waals surface area contributed by atoms with Crippen molar-refractivity contribution in [2.75, 3.05) is 20.2 Å². The summed E-state index contributed by atoms with van der Waals surface area (Å²) in [6.07, 6.45) is 0. The van der Waals surface area contributed by atoms with Crippen molar-refractivity contribution in [2.45, 2.75) is 40.3 Å². The number of nitrogens with two attached hydrogens (primary N) is 1. The summed E-state index contributed by atoms with van der Waals surface area (Å²) in [5.74, 6) is 2.02. The Kier molecular flexibility index (Phi) is 7.94. The Morgan fingerprint density at radius 3 is 2.33 bits per heavy atom. The van der Waals surface area contributed by atoms with Gasteiger partial charge < -0.3 is 15.8 Å². The molecule has 3 heteroatoms. The van der Waals surface area contributed by atoms with E-state index in [0.29, 0.717) is 30.9 Å². The molecule has 21 heavy (non-hydrogen) atoms. The fraction of sp³-hybridized carbons (Fsp3) is 0.667. The van der Waals surface area contributed by atoms with Crippen LogP contribution in [0.25, 0.3) is 0 Å². The van der Waals surface area contributed by atoms with Crippen LogP contribution in [0.1, 0.15) is 44.9 Å². The van der Waals surface area contributed by atoms with Crippen molar-refractivity contribution in [3.63, 3.8) is 0 Å². The summed E-state index contributed by atoms with van der Waals surface area (Å²) >= 11 is 0. The van der Waals surface area contributed by atoms with E-state index in [0.717, 1.165) is 6.54 Å². The van der Waals surface area contributed by atoms with E-state index in [1.807, 2.05) is 0 Å². The van der Waals surface area contributed by atoms with Gasteiger partial charge in [-0.25, -0.2) is 0 Å². The third-order valence-corrected chi connectivity index (χ3v) is 4.21. The summed E-state index contributed by atoms with van der Waals surface area (Å²) < 4.78 is 5.21. The quantitative estimate of drug-likeness (QED) is 0.734. The largest absolute Gasteiger partial charge is 0.380 e. The summed E-state index contributed by atoms with van der Waals surface area (Å²) in [5, 5.41) is 3.65. The Morgan fingerprint density at radius 2 is 1.81 bits per heavy atom. The van der Waals surface area contributed by atoms with Crippen LogP contribution in [0.2, 0.25) is 0 Å². The Balaban J connectivity index is 2.72. The summed E-state index contributed by atoms with van der Waals surface area (Å²) in [7, 11) is 1.72. The number of nitrogens with one attached hydrogen (secondary N) is 1. The number of benzene rings is 1. The molecule has 0 aliphatic heterocycles. The monoisotopic (exact) mass is 292 g/mol. The number of ether oxygens (including phenoxy) is 1. The first-order valence-corrected chi connectivity index (χ1v) is 8.00. The third kappa shape index (κ3) is 5.77. The van der Waals surface area contributed by atoms with E-state index in [-0.39, 0.29) is 6.04 Å². The van der Waals surface area contributed by atoms with Gasteiger partial charge in [0.2, 0.25) is 0 Å². The SMILES string of the molecule is COCc1cccc(C(CN)NCC(C(C)C)C(C)C)c1. The molecule has 0 radical (unpaired) electrons. The zero-order valence-electron chi connectivity index (χ0n) is 14.2. The van der Waals surface area contributed by atoms with Crippen molar-refractivity contribution in [1.29, 1.82) is 0 Å². The van der Waals surface area contributed by atoms with Crippen LogP contribution in [0.3, 0.4) is 0 Å². The molecule has 3 N–H and O–H groups in total. The highest BCUT2D eigenvalue weighted by atomic mass is 16.5. The minimum absolute atomic E-state index is 0.210. The summed E-state index contributed by atoms with van der Waals surface area (Å²) in [4.78, 5) is 0. The van der Waals surface area contributed by atoms with Crippen LogP contribution >= 0.6 is 0 Å². The van der Waals surface area contributed by atoms with Gasteiger partial charge in [-0.3, -0.25) is 0 Å². The van der Waals surface area contributed by atoms with Gasteiger partial charge in [0.05, 0.1) is 6.61 Å². The molecule has 1 atom stereocenters. The molecule has 0 bridgehead atoms. The van der Waals surface area contributed by atoms with Gasteiger partial charge in [-0.15, -0.1) is 0 Å². The minimum atomic E-state index is 0.210. The molecule has 1 rings (SSSR count). The fourth-order valence-corrected chi connectivity index (χ4v) is 2.92. The zero-order valence-corrected chi connectivity index (χ0v) is 14.2. The van der Waals surface area contributed by atoms with Crippen molar-refractivity contribution >= 4 is 0 Å². The lowest BCUT2D eigenvalue weighted by molar-refractivity contribution is 0.185. The van der Waals surface area contributed by atoms with Crippen molar-refractivity contribution in [2.24, 2.45) is 23.5 Å². The van der Waals surface area contributed by atoms with Crippen molar-refractivity contribution in [3.05, 3.63) is 35.4 Å². The summed E-state index contributed by atoms with van der Waals surface area (Å²) in [5.41, 5.74) is 8.42. The molecular formula is C18H32N2O. The smallest absolute Gasteiger partial charge is 0.0713 e. The van der Waals surface area contributed by atoms with Gasteiger partial charge in [0, 0.05) is 19.7 Å². The molecular weight excluding hydrogens is 260 g/mol. The maximum absolute atomic E-state index is 5.97. The Labute approximate surface area is 130 Å². The maximum atomic E-state index is 5.97. The second-order valence-electron chi connectivity index (χ2n) is 6.53. The first kappa shape index (κ1) is 18.1. The van der Waals surface area contributed by atoms with E-state index in [4.69, 9.17) is 10.5 Å². The van der Waals surface area contributed by atoms with E-state index < -0.39 is 0 Å². The van der Waals surface area contributed by atoms with E-state index >= 15 is 0 Å². The van der Waals surface area contributed by atoms with Gasteiger partial charge >= 0.3 is 0 Å². The highest BCUT2D eigenvalue weighted by Crippen LogP contribution is 2.21. The standard InChI is InChI=1S/C18H32N2O/c1-13(2)17(14(3)4)11-20-18(10-19)16-8-6-7-15(9-16)12-21-5/h6-9,13-14,17-18,20H,10-12,19H2,1-5H3. The Bertz CT molecular complexity index is 396. The summed E-state index contributed by atoms with van der Waals surface area (Å²) in [6, 6.07) is 8.71. The molecule has 0 saturated carbocycles. The van der Waals surface area contributed by atoms with Crippen LogP contribution < -0.4 is 11.1 Å². The number of hydrogen-bond donors (Lipinski definition) is 2. The molecule has 0 spiro atoms. The van der Waals surface area contributed by atoms with Gasteiger partial charge in [0.25, 0.3) is 0 Å². The lowest BCUT2D eigenvalue weighted by Gasteiger charge is -2.28. The van der Waals surface area contributed by atoms with E-state index in [1.165, 1.54) is 11.1 Å². The molecule has 0 heterocycles. The van der Waals surface area contributed by atoms with Gasteiger partial charge in [-0.2, -0.15) is 0 Å². The molecule has 0 aliphatic rings. The maximum Gasteiger partial charge on any atom is 0.0713 e. The molecule has 1 aromatic carbocycles. The lowest BCUT2D eigenvalue weighted by atomic mass is 9.85. The molecule has 1 aromatic rings. The second kappa shape index (κ2) is 9.19. The lowest BCUT2D eigenvalue weighted by Crippen LogP contribution is -2.35. The predicted molar refractivity (Wildman–Crippen MR) is 90.1 cm³/mol. The van der Waals surface area contributed by atoms with Crippen LogP contribution in [0.5, 0.6) is 0 Å². The molecule has 3 nitrogen and oxygen atoms in total. The minimum Gasteiger partial charge on any atom is -0.380 e. The first-order chi connectivity index (χ1) is 9.99. The summed E-state index contributed by atoms with van der Waals surface area (Å²) in [6.45, 7) is 11.4. The third-order valence-electron chi connectivity index (χ3n) is 4.21. The molecule has 0 amide bonds. The number of hydrogen-bond acceptors (Lipinski definition) is 3. The molecule has 0 fully saturated rings. The van der Waals surface area contributed by atoms with Crippen LogP contribution in [-0.4, -0.2) is 20.2 Å². The van der Waals surface area contributed by atoms with E-state index in [9.17, 15) is 0 Å². The topological polar surface area (TPSA) is 47.3 Å². The average molecular weight is 292 g/mol. The van der Waals surface area contributed by atoms with Gasteiger partial charge in [0.15, 0.2) is 0 Å². The van der Waals surface area contributed by atoms with Crippen molar-refractivity contribution in [1.82, 2.24) is 5.32 Å². The van der Waals surface area contributed by atoms with Crippen LogP contribution in [0.4, 0.5) is 0 Å². The number of methoxy groups -OCH3 is 1. The second-order valence-corrected chi connectivity index (χ2v) is 6.53. The molecule has 0 saturated heterocycles. The van der Waals surface area contributed by atoms with Gasteiger partial charge in [0.1, 0.15) is 0 Å². The Hall–Kier alpha value is -0.900. The van der Waals surface area contributed by atoms with Gasteiger partial charge in [-0.1, -0.05) is 52.0 Å². The van der Waals surface area contributed by atoms with Gasteiger partial charge in [-0.05, 0) is 35.4 Å². The molecule has 1 unspecified atom stereocenters. The average Bonchev–Trinajstić information content (AvgIpc) is 2.43. The van der Waals surface area contributed by atoms with Crippen LogP contribution in [0, 0.1) is 17.8 Å². The number of rotatable bonds is 9. The fourth-order valence-electron chi connectivity index (χ4n) is 2.92. The molecule has 0 aromatic heterocycles. The predicted octanol–water partition coefficient (Wildman–Crippen LogP) is 3.35. The first-order valence-electron chi connectivity index (χ1n) is 8.00. The Morgan fingerprint density at radius 1 is 1.14 bits per heavy atom. The highest BCUT2D eigenvalue weighted by molar-refractivity contribution is 5.26. The molecule has 0 aliphatic carbocycles. The molecule has 120 valence electrons. The normalized spacial score (nSPS) is 13.4.